The molecule has 0 radical (unpaired) electrons. The second-order valence-corrected chi connectivity index (χ2v) is 5.63. The summed E-state index contributed by atoms with van der Waals surface area (Å²) in [6.07, 6.45) is 0. The van der Waals surface area contributed by atoms with E-state index in [4.69, 9.17) is 28.6 Å². The molecule has 1 heterocycles. The van der Waals surface area contributed by atoms with Crippen molar-refractivity contribution in [2.75, 3.05) is 13.2 Å². The highest BCUT2D eigenvalue weighted by Crippen LogP contribution is 2.22. The van der Waals surface area contributed by atoms with Crippen molar-refractivity contribution in [2.45, 2.75) is 20.4 Å². The summed E-state index contributed by atoms with van der Waals surface area (Å²) in [5, 5.41) is 0.0957. The number of halogens is 2. The quantitative estimate of drug-likeness (QED) is 0.664. The van der Waals surface area contributed by atoms with E-state index in [2.05, 4.69) is 18.8 Å². The number of rotatable bonds is 5. The SMILES string of the molecule is CC(C)COCCn1c(=S)[nH]c2cc(F)c(Cl)cc21. The second-order valence-electron chi connectivity index (χ2n) is 4.83. The van der Waals surface area contributed by atoms with E-state index in [1.165, 1.54) is 6.07 Å². The molecule has 0 aliphatic rings. The van der Waals surface area contributed by atoms with Crippen molar-refractivity contribution in [1.82, 2.24) is 9.55 Å². The maximum Gasteiger partial charge on any atom is 0.178 e. The summed E-state index contributed by atoms with van der Waals surface area (Å²) < 4.78 is 21.3. The first-order valence-electron chi connectivity index (χ1n) is 6.14. The maximum absolute atomic E-state index is 13.4. The Labute approximate surface area is 121 Å². The Bertz CT molecular complexity index is 635. The standard InChI is InChI=1S/C13H16ClFN2OS/c1-8(2)7-18-4-3-17-12-5-9(14)10(15)6-11(12)16-13(17)19/h5-6,8H,3-4,7H2,1-2H3,(H,16,19). The molecule has 104 valence electrons. The summed E-state index contributed by atoms with van der Waals surface area (Å²) in [5.41, 5.74) is 1.44. The Morgan fingerprint density at radius 2 is 2.21 bits per heavy atom. The van der Waals surface area contributed by atoms with Crippen LogP contribution in [-0.4, -0.2) is 22.8 Å². The molecule has 2 aromatic rings. The van der Waals surface area contributed by atoms with Crippen molar-refractivity contribution in [3.8, 4) is 0 Å². The van der Waals surface area contributed by atoms with Crippen LogP contribution in [0.3, 0.4) is 0 Å². The van der Waals surface area contributed by atoms with E-state index in [-0.39, 0.29) is 5.02 Å². The van der Waals surface area contributed by atoms with Gasteiger partial charge >= 0.3 is 0 Å². The van der Waals surface area contributed by atoms with E-state index in [0.717, 1.165) is 5.52 Å². The van der Waals surface area contributed by atoms with E-state index < -0.39 is 5.82 Å². The minimum Gasteiger partial charge on any atom is -0.379 e. The minimum absolute atomic E-state index is 0.0957. The van der Waals surface area contributed by atoms with Crippen LogP contribution in [0, 0.1) is 16.5 Å². The van der Waals surface area contributed by atoms with Gasteiger partial charge in [0.15, 0.2) is 4.77 Å². The van der Waals surface area contributed by atoms with Crippen LogP contribution in [-0.2, 0) is 11.3 Å². The number of imidazole rings is 1. The zero-order chi connectivity index (χ0) is 14.0. The second kappa shape index (κ2) is 6.03. The third-order valence-electron chi connectivity index (χ3n) is 2.73. The van der Waals surface area contributed by atoms with Crippen LogP contribution < -0.4 is 0 Å². The van der Waals surface area contributed by atoms with Gasteiger partial charge in [-0.25, -0.2) is 4.39 Å². The number of nitrogens with one attached hydrogen (secondary N) is 1. The van der Waals surface area contributed by atoms with E-state index in [1.54, 1.807) is 6.07 Å². The van der Waals surface area contributed by atoms with Gasteiger partial charge < -0.3 is 14.3 Å². The smallest absolute Gasteiger partial charge is 0.178 e. The summed E-state index contributed by atoms with van der Waals surface area (Å²) in [5.74, 6) is 0.0492. The van der Waals surface area contributed by atoms with E-state index in [1.807, 2.05) is 4.57 Å². The molecule has 0 spiro atoms. The molecular weight excluding hydrogens is 287 g/mol. The molecule has 0 bridgehead atoms. The van der Waals surface area contributed by atoms with Gasteiger partial charge in [0.05, 0.1) is 22.7 Å². The van der Waals surface area contributed by atoms with Gasteiger partial charge in [0.1, 0.15) is 5.82 Å². The van der Waals surface area contributed by atoms with Crippen molar-refractivity contribution in [3.05, 3.63) is 27.7 Å². The Kier molecular flexibility index (Phi) is 4.60. The molecule has 0 fully saturated rings. The van der Waals surface area contributed by atoms with Crippen molar-refractivity contribution in [3.63, 3.8) is 0 Å². The molecule has 0 aliphatic carbocycles. The van der Waals surface area contributed by atoms with Crippen molar-refractivity contribution in [1.29, 1.82) is 0 Å². The van der Waals surface area contributed by atoms with E-state index in [9.17, 15) is 4.39 Å². The van der Waals surface area contributed by atoms with Crippen LogP contribution in [0.5, 0.6) is 0 Å². The lowest BCUT2D eigenvalue weighted by Crippen LogP contribution is -2.09. The fraction of sp³-hybridized carbons (Fsp3) is 0.462. The number of aromatic amines is 1. The number of ether oxygens (including phenoxy) is 1. The van der Waals surface area contributed by atoms with Crippen LogP contribution in [0.2, 0.25) is 5.02 Å². The zero-order valence-corrected chi connectivity index (χ0v) is 12.4. The molecule has 1 aromatic heterocycles. The molecule has 6 heteroatoms. The molecule has 1 N–H and O–H groups in total. The molecule has 1 aromatic carbocycles. The Hall–Kier alpha value is -0.910. The minimum atomic E-state index is -0.450. The Morgan fingerprint density at radius 1 is 1.47 bits per heavy atom. The first-order chi connectivity index (χ1) is 8.99. The molecule has 19 heavy (non-hydrogen) atoms. The largest absolute Gasteiger partial charge is 0.379 e. The molecule has 0 amide bonds. The van der Waals surface area contributed by atoms with Gasteiger partial charge in [-0.1, -0.05) is 25.4 Å². The first-order valence-corrected chi connectivity index (χ1v) is 6.93. The number of aromatic nitrogens is 2. The average molecular weight is 303 g/mol. The zero-order valence-electron chi connectivity index (χ0n) is 10.9. The fourth-order valence-corrected chi connectivity index (χ4v) is 2.31. The van der Waals surface area contributed by atoms with E-state index in [0.29, 0.717) is 36.0 Å². The molecular formula is C13H16ClFN2OS. The summed E-state index contributed by atoms with van der Waals surface area (Å²) in [6, 6.07) is 2.94. The van der Waals surface area contributed by atoms with Gasteiger partial charge in [-0.05, 0) is 24.2 Å². The van der Waals surface area contributed by atoms with Gasteiger partial charge in [-0.2, -0.15) is 0 Å². The number of fused-ring (bicyclic) bond motifs is 1. The van der Waals surface area contributed by atoms with Crippen LogP contribution in [0.15, 0.2) is 12.1 Å². The highest BCUT2D eigenvalue weighted by molar-refractivity contribution is 7.71. The van der Waals surface area contributed by atoms with Crippen molar-refractivity contribution < 1.29 is 9.13 Å². The number of benzene rings is 1. The summed E-state index contributed by atoms with van der Waals surface area (Å²) in [4.78, 5) is 2.97. The molecule has 2 rings (SSSR count). The average Bonchev–Trinajstić information content (AvgIpc) is 2.61. The predicted octanol–water partition coefficient (Wildman–Crippen LogP) is 4.16. The molecule has 0 atom stereocenters. The number of nitrogens with zero attached hydrogens (tertiary/aromatic N) is 1. The lowest BCUT2D eigenvalue weighted by molar-refractivity contribution is 0.103. The van der Waals surface area contributed by atoms with Gasteiger partial charge in [0.25, 0.3) is 0 Å². The Balaban J connectivity index is 2.20. The van der Waals surface area contributed by atoms with Crippen LogP contribution in [0.25, 0.3) is 11.0 Å². The van der Waals surface area contributed by atoms with Crippen molar-refractivity contribution >= 4 is 34.9 Å². The van der Waals surface area contributed by atoms with Crippen molar-refractivity contribution in [2.24, 2.45) is 5.92 Å². The number of H-pyrrole nitrogens is 1. The lowest BCUT2D eigenvalue weighted by atomic mass is 10.2. The van der Waals surface area contributed by atoms with Gasteiger partial charge in [0, 0.05) is 19.2 Å². The molecule has 3 nitrogen and oxygen atoms in total. The predicted molar refractivity (Wildman–Crippen MR) is 77.7 cm³/mol. The maximum atomic E-state index is 13.4. The monoisotopic (exact) mass is 302 g/mol. The molecule has 0 aliphatic heterocycles. The number of hydrogen-bond acceptors (Lipinski definition) is 2. The third-order valence-corrected chi connectivity index (χ3v) is 3.34. The van der Waals surface area contributed by atoms with Gasteiger partial charge in [-0.3, -0.25) is 0 Å². The van der Waals surface area contributed by atoms with Gasteiger partial charge in [0.2, 0.25) is 0 Å². The highest BCUT2D eigenvalue weighted by atomic mass is 35.5. The number of hydrogen-bond donors (Lipinski definition) is 1. The summed E-state index contributed by atoms with van der Waals surface area (Å²) in [7, 11) is 0. The molecule has 0 saturated carbocycles. The van der Waals surface area contributed by atoms with Crippen LogP contribution in [0.4, 0.5) is 4.39 Å². The third kappa shape index (κ3) is 3.35. The normalized spacial score (nSPS) is 11.6. The summed E-state index contributed by atoms with van der Waals surface area (Å²) >= 11 is 11.0. The molecule has 0 saturated heterocycles. The molecule has 0 unspecified atom stereocenters. The Morgan fingerprint density at radius 3 is 2.89 bits per heavy atom. The first kappa shape index (κ1) is 14.5. The fourth-order valence-electron chi connectivity index (χ4n) is 1.85. The van der Waals surface area contributed by atoms with Crippen LogP contribution in [0.1, 0.15) is 13.8 Å². The summed E-state index contributed by atoms with van der Waals surface area (Å²) in [6.45, 7) is 6.09. The highest BCUT2D eigenvalue weighted by Gasteiger charge is 2.09. The van der Waals surface area contributed by atoms with Gasteiger partial charge in [-0.15, -0.1) is 0 Å². The van der Waals surface area contributed by atoms with Crippen LogP contribution >= 0.6 is 23.8 Å². The lowest BCUT2D eigenvalue weighted by Gasteiger charge is -2.08. The van der Waals surface area contributed by atoms with E-state index >= 15 is 0 Å². The topological polar surface area (TPSA) is 29.9 Å².